The van der Waals surface area contributed by atoms with Crippen LogP contribution in [0.15, 0.2) is 37.6 Å². The molecule has 78 valence electrons. The minimum atomic E-state index is -0.392. The summed E-state index contributed by atoms with van der Waals surface area (Å²) in [7, 11) is 0. The first-order chi connectivity index (χ1) is 6.67. The van der Waals surface area contributed by atoms with Gasteiger partial charge in [0.25, 0.3) is 0 Å². The Balaban J connectivity index is 4.33. The molecule has 3 heteroatoms. The molecule has 0 aromatic heterocycles. The van der Waals surface area contributed by atoms with Crippen molar-refractivity contribution in [2.45, 2.75) is 6.92 Å². The van der Waals surface area contributed by atoms with Crippen molar-refractivity contribution in [3.05, 3.63) is 37.6 Å². The summed E-state index contributed by atoms with van der Waals surface area (Å²) in [6.45, 7) is 14.1. The normalized spacial score (nSPS) is 8.93. The van der Waals surface area contributed by atoms with Crippen molar-refractivity contribution in [3.8, 4) is 0 Å². The molecular formula is C11H17NO2. The molecule has 0 saturated heterocycles. The number of carbonyl (C=O) groups excluding carboxylic acids is 1. The minimum absolute atomic E-state index is 0.339. The second-order valence-corrected chi connectivity index (χ2v) is 2.65. The lowest BCUT2D eigenvalue weighted by Crippen LogP contribution is -2.28. The van der Waals surface area contributed by atoms with Crippen molar-refractivity contribution >= 4 is 5.97 Å². The first-order valence-electron chi connectivity index (χ1n) is 4.50. The van der Waals surface area contributed by atoms with Crippen molar-refractivity contribution in [1.29, 1.82) is 0 Å². The quantitative estimate of drug-likeness (QED) is 0.352. The highest BCUT2D eigenvalue weighted by Gasteiger charge is 2.13. The predicted molar refractivity (Wildman–Crippen MR) is 57.7 cm³/mol. The molecule has 0 bridgehead atoms. The first kappa shape index (κ1) is 12.5. The zero-order valence-electron chi connectivity index (χ0n) is 8.66. The predicted octanol–water partition coefficient (Wildman–Crippen LogP) is 1.74. The Morgan fingerprint density at radius 1 is 1.36 bits per heavy atom. The summed E-state index contributed by atoms with van der Waals surface area (Å²) in [5.74, 6) is -0.392. The first-order valence-corrected chi connectivity index (χ1v) is 4.50. The van der Waals surface area contributed by atoms with Gasteiger partial charge in [-0.2, -0.15) is 0 Å². The van der Waals surface area contributed by atoms with E-state index in [9.17, 15) is 4.79 Å². The number of esters is 1. The average molecular weight is 195 g/mol. The third-order valence-corrected chi connectivity index (χ3v) is 1.59. The fourth-order valence-corrected chi connectivity index (χ4v) is 0.950. The lowest BCUT2D eigenvalue weighted by atomic mass is 10.3. The molecule has 0 fully saturated rings. The molecular weight excluding hydrogens is 178 g/mol. The second-order valence-electron chi connectivity index (χ2n) is 2.65. The molecule has 0 heterocycles. The maximum Gasteiger partial charge on any atom is 0.353 e. The van der Waals surface area contributed by atoms with Gasteiger partial charge in [0.2, 0.25) is 0 Å². The molecule has 3 nitrogen and oxygen atoms in total. The van der Waals surface area contributed by atoms with Gasteiger partial charge in [-0.1, -0.05) is 18.7 Å². The van der Waals surface area contributed by atoms with E-state index in [1.54, 1.807) is 24.0 Å². The molecule has 0 aliphatic heterocycles. The molecule has 0 rings (SSSR count). The maximum atomic E-state index is 11.3. The van der Waals surface area contributed by atoms with Crippen molar-refractivity contribution in [1.82, 2.24) is 4.90 Å². The molecule has 0 saturated carbocycles. The number of ether oxygens (including phenoxy) is 1. The maximum absolute atomic E-state index is 11.3. The Hall–Kier alpha value is -1.51. The minimum Gasteiger partial charge on any atom is -0.461 e. The highest BCUT2D eigenvalue weighted by Crippen LogP contribution is 2.04. The molecule has 0 aromatic carbocycles. The smallest absolute Gasteiger partial charge is 0.353 e. The molecule has 0 aliphatic carbocycles. The summed E-state index contributed by atoms with van der Waals surface area (Å²) in [6.07, 6.45) is 3.40. The Labute approximate surface area is 85.4 Å². The van der Waals surface area contributed by atoms with Crippen LogP contribution in [0, 0.1) is 0 Å². The molecule has 0 amide bonds. The number of nitrogens with zero attached hydrogens (tertiary/aromatic N) is 1. The summed E-state index contributed by atoms with van der Waals surface area (Å²) in [5, 5.41) is 0. The van der Waals surface area contributed by atoms with E-state index in [2.05, 4.69) is 19.7 Å². The van der Waals surface area contributed by atoms with Crippen LogP contribution >= 0.6 is 0 Å². The summed E-state index contributed by atoms with van der Waals surface area (Å²) in [6, 6.07) is 0. The second kappa shape index (κ2) is 6.95. The van der Waals surface area contributed by atoms with Crippen LogP contribution in [0.3, 0.4) is 0 Å². The standard InChI is InChI=1S/C11H17NO2/c1-5-8-12(9-6-2)10(4)11(13)14-7-3/h5-6H,1-2,4,7-9H2,3H3. The van der Waals surface area contributed by atoms with Gasteiger partial charge in [0.15, 0.2) is 0 Å². The number of hydrogen-bond donors (Lipinski definition) is 0. The zero-order chi connectivity index (χ0) is 11.0. The van der Waals surface area contributed by atoms with Crippen molar-refractivity contribution in [2.75, 3.05) is 19.7 Å². The summed E-state index contributed by atoms with van der Waals surface area (Å²) in [5.41, 5.74) is 0.339. The van der Waals surface area contributed by atoms with Gasteiger partial charge < -0.3 is 9.64 Å². The van der Waals surface area contributed by atoms with Crippen molar-refractivity contribution < 1.29 is 9.53 Å². The number of carbonyl (C=O) groups is 1. The van der Waals surface area contributed by atoms with E-state index < -0.39 is 5.97 Å². The Morgan fingerprint density at radius 3 is 2.21 bits per heavy atom. The highest BCUT2D eigenvalue weighted by atomic mass is 16.5. The van der Waals surface area contributed by atoms with Crippen LogP contribution in [0.4, 0.5) is 0 Å². The van der Waals surface area contributed by atoms with Gasteiger partial charge in [-0.15, -0.1) is 13.2 Å². The Kier molecular flexibility index (Phi) is 6.20. The molecule has 0 unspecified atom stereocenters. The van der Waals surface area contributed by atoms with Crippen LogP contribution in [0.2, 0.25) is 0 Å². The molecule has 0 N–H and O–H groups in total. The Bertz CT molecular complexity index is 223. The number of rotatable bonds is 7. The third kappa shape index (κ3) is 3.94. The summed E-state index contributed by atoms with van der Waals surface area (Å²) >= 11 is 0. The third-order valence-electron chi connectivity index (χ3n) is 1.59. The van der Waals surface area contributed by atoms with Crippen LogP contribution in [0.25, 0.3) is 0 Å². The molecule has 0 spiro atoms. The summed E-state index contributed by atoms with van der Waals surface area (Å²) < 4.78 is 4.83. The lowest BCUT2D eigenvalue weighted by molar-refractivity contribution is -0.140. The topological polar surface area (TPSA) is 29.5 Å². The van der Waals surface area contributed by atoms with Gasteiger partial charge in [-0.3, -0.25) is 0 Å². The average Bonchev–Trinajstić information content (AvgIpc) is 2.17. The van der Waals surface area contributed by atoms with Gasteiger partial charge >= 0.3 is 5.97 Å². The summed E-state index contributed by atoms with van der Waals surface area (Å²) in [4.78, 5) is 13.1. The lowest BCUT2D eigenvalue weighted by Gasteiger charge is -2.21. The zero-order valence-corrected chi connectivity index (χ0v) is 8.66. The van der Waals surface area contributed by atoms with E-state index in [0.29, 0.717) is 25.4 Å². The monoisotopic (exact) mass is 195 g/mol. The van der Waals surface area contributed by atoms with E-state index in [1.165, 1.54) is 0 Å². The molecule has 0 atom stereocenters. The van der Waals surface area contributed by atoms with Gasteiger partial charge in [0, 0.05) is 13.1 Å². The van der Waals surface area contributed by atoms with Crippen LogP contribution in [0.5, 0.6) is 0 Å². The fraction of sp³-hybridized carbons (Fsp3) is 0.364. The SMILES string of the molecule is C=CCN(CC=C)C(=C)C(=O)OCC. The highest BCUT2D eigenvalue weighted by molar-refractivity contribution is 5.87. The molecule has 0 radical (unpaired) electrons. The van der Waals surface area contributed by atoms with Gasteiger partial charge in [0.05, 0.1) is 6.61 Å². The van der Waals surface area contributed by atoms with E-state index >= 15 is 0 Å². The van der Waals surface area contributed by atoms with Gasteiger partial charge in [-0.05, 0) is 6.92 Å². The van der Waals surface area contributed by atoms with E-state index in [0.717, 1.165) is 0 Å². The van der Waals surface area contributed by atoms with Crippen molar-refractivity contribution in [2.24, 2.45) is 0 Å². The van der Waals surface area contributed by atoms with Crippen molar-refractivity contribution in [3.63, 3.8) is 0 Å². The van der Waals surface area contributed by atoms with Crippen LogP contribution < -0.4 is 0 Å². The molecule has 14 heavy (non-hydrogen) atoms. The van der Waals surface area contributed by atoms with E-state index in [1.807, 2.05) is 0 Å². The van der Waals surface area contributed by atoms with E-state index in [4.69, 9.17) is 4.74 Å². The van der Waals surface area contributed by atoms with Crippen LogP contribution in [-0.2, 0) is 9.53 Å². The van der Waals surface area contributed by atoms with E-state index in [-0.39, 0.29) is 0 Å². The van der Waals surface area contributed by atoms with Crippen LogP contribution in [0.1, 0.15) is 6.92 Å². The molecule has 0 aromatic rings. The van der Waals surface area contributed by atoms with Crippen LogP contribution in [-0.4, -0.2) is 30.6 Å². The molecule has 0 aliphatic rings. The Morgan fingerprint density at radius 2 is 1.86 bits per heavy atom. The van der Waals surface area contributed by atoms with Gasteiger partial charge in [0.1, 0.15) is 5.70 Å². The van der Waals surface area contributed by atoms with Gasteiger partial charge in [-0.25, -0.2) is 4.79 Å². The largest absolute Gasteiger partial charge is 0.461 e. The fourth-order valence-electron chi connectivity index (χ4n) is 0.950. The number of hydrogen-bond acceptors (Lipinski definition) is 3.